The fraction of sp³-hybridized carbons (Fsp3) is 0.222. The van der Waals surface area contributed by atoms with Crippen LogP contribution >= 0.6 is 11.6 Å². The zero-order valence-electron chi connectivity index (χ0n) is 7.05. The van der Waals surface area contributed by atoms with E-state index in [4.69, 9.17) is 23.1 Å². The molecule has 0 radical (unpaired) electrons. The molecule has 68 valence electrons. The Hall–Kier alpha value is -1.24. The largest absolute Gasteiger partial charge is 0.396 e. The molecule has 1 heterocycles. The van der Waals surface area contributed by atoms with Gasteiger partial charge >= 0.3 is 0 Å². The van der Waals surface area contributed by atoms with E-state index in [-0.39, 0.29) is 0 Å². The van der Waals surface area contributed by atoms with Crippen LogP contribution in [0.1, 0.15) is 12.1 Å². The van der Waals surface area contributed by atoms with Gasteiger partial charge in [-0.05, 0) is 12.0 Å². The van der Waals surface area contributed by atoms with Gasteiger partial charge < -0.3 is 11.5 Å². The first-order chi connectivity index (χ1) is 6.24. The van der Waals surface area contributed by atoms with Crippen molar-refractivity contribution in [2.75, 3.05) is 12.3 Å². The van der Waals surface area contributed by atoms with Crippen LogP contribution in [0.15, 0.2) is 12.3 Å². The summed E-state index contributed by atoms with van der Waals surface area (Å²) < 4.78 is 0. The van der Waals surface area contributed by atoms with Crippen molar-refractivity contribution in [3.05, 3.63) is 23.0 Å². The second-order valence-corrected chi connectivity index (χ2v) is 2.87. The summed E-state index contributed by atoms with van der Waals surface area (Å²) in [5.41, 5.74) is 12.0. The van der Waals surface area contributed by atoms with Crippen LogP contribution < -0.4 is 11.5 Å². The van der Waals surface area contributed by atoms with E-state index in [0.717, 1.165) is 0 Å². The van der Waals surface area contributed by atoms with Crippen molar-refractivity contribution in [2.24, 2.45) is 5.73 Å². The van der Waals surface area contributed by atoms with Crippen molar-refractivity contribution in [3.8, 4) is 11.8 Å². The van der Waals surface area contributed by atoms with Crippen LogP contribution in [0.3, 0.4) is 0 Å². The molecule has 1 aromatic heterocycles. The Bertz CT molecular complexity index is 352. The molecule has 0 saturated heterocycles. The predicted octanol–water partition coefficient (Wildman–Crippen LogP) is 1.02. The Kier molecular flexibility index (Phi) is 3.56. The minimum atomic E-state index is 0.497. The van der Waals surface area contributed by atoms with Crippen molar-refractivity contribution in [2.45, 2.75) is 6.42 Å². The molecule has 0 aliphatic heterocycles. The highest BCUT2D eigenvalue weighted by molar-refractivity contribution is 6.30. The van der Waals surface area contributed by atoms with Gasteiger partial charge in [-0.3, -0.25) is 0 Å². The molecule has 0 unspecified atom stereocenters. The molecule has 3 nitrogen and oxygen atoms in total. The summed E-state index contributed by atoms with van der Waals surface area (Å²) in [6.07, 6.45) is 2.16. The Labute approximate surface area is 82.1 Å². The minimum absolute atomic E-state index is 0.497. The fourth-order valence-corrected chi connectivity index (χ4v) is 0.944. The number of hydrogen-bond donors (Lipinski definition) is 2. The zero-order valence-corrected chi connectivity index (χ0v) is 7.80. The molecule has 0 amide bonds. The van der Waals surface area contributed by atoms with Crippen LogP contribution in [-0.4, -0.2) is 11.5 Å². The number of aromatic nitrogens is 1. The van der Waals surface area contributed by atoms with Gasteiger partial charge in [0, 0.05) is 19.2 Å². The summed E-state index contributed by atoms with van der Waals surface area (Å²) in [6.45, 7) is 0.542. The Balaban J connectivity index is 2.85. The van der Waals surface area contributed by atoms with E-state index in [2.05, 4.69) is 16.8 Å². The third kappa shape index (κ3) is 2.94. The maximum absolute atomic E-state index is 5.67. The van der Waals surface area contributed by atoms with E-state index in [1.54, 1.807) is 6.07 Å². The molecule has 0 aliphatic carbocycles. The van der Waals surface area contributed by atoms with Crippen molar-refractivity contribution >= 4 is 17.3 Å². The average Bonchev–Trinajstić information content (AvgIpc) is 2.09. The Morgan fingerprint density at radius 3 is 2.92 bits per heavy atom. The van der Waals surface area contributed by atoms with Gasteiger partial charge in [0.05, 0.1) is 10.7 Å². The zero-order chi connectivity index (χ0) is 9.68. The summed E-state index contributed by atoms with van der Waals surface area (Å²) >= 11 is 5.67. The second kappa shape index (κ2) is 4.70. The normalized spacial score (nSPS) is 9.08. The van der Waals surface area contributed by atoms with Gasteiger partial charge in [-0.2, -0.15) is 0 Å². The van der Waals surface area contributed by atoms with Gasteiger partial charge in [0.25, 0.3) is 0 Å². The topological polar surface area (TPSA) is 64.9 Å². The highest BCUT2D eigenvalue weighted by Gasteiger charge is 1.96. The van der Waals surface area contributed by atoms with E-state index in [0.29, 0.717) is 29.4 Å². The fourth-order valence-electron chi connectivity index (χ4n) is 0.778. The smallest absolute Gasteiger partial charge is 0.136 e. The first kappa shape index (κ1) is 9.85. The lowest BCUT2D eigenvalue weighted by molar-refractivity contribution is 1.03. The lowest BCUT2D eigenvalue weighted by Crippen LogP contribution is -1.96. The monoisotopic (exact) mass is 195 g/mol. The van der Waals surface area contributed by atoms with Crippen molar-refractivity contribution in [1.29, 1.82) is 0 Å². The van der Waals surface area contributed by atoms with E-state index in [1.165, 1.54) is 6.20 Å². The maximum atomic E-state index is 5.67. The summed E-state index contributed by atoms with van der Waals surface area (Å²) in [5, 5.41) is 0.516. The van der Waals surface area contributed by atoms with E-state index >= 15 is 0 Å². The Morgan fingerprint density at radius 1 is 1.54 bits per heavy atom. The number of rotatable bonds is 1. The molecule has 0 fully saturated rings. The third-order valence-corrected chi connectivity index (χ3v) is 1.57. The lowest BCUT2D eigenvalue weighted by atomic mass is 10.3. The van der Waals surface area contributed by atoms with Crippen molar-refractivity contribution in [1.82, 2.24) is 4.98 Å². The molecule has 0 bridgehead atoms. The average molecular weight is 196 g/mol. The molecular formula is C9H10ClN3. The van der Waals surface area contributed by atoms with Gasteiger partial charge in [-0.25, -0.2) is 4.98 Å². The quantitative estimate of drug-likeness (QED) is 0.658. The van der Waals surface area contributed by atoms with Gasteiger partial charge in [0.1, 0.15) is 5.69 Å². The van der Waals surface area contributed by atoms with E-state index in [1.807, 2.05) is 0 Å². The van der Waals surface area contributed by atoms with Gasteiger partial charge in [0.2, 0.25) is 0 Å². The maximum Gasteiger partial charge on any atom is 0.136 e. The standard InChI is InChI=1S/C9H10ClN3/c10-7-5-8(12)9(13-6-7)3-1-2-4-11/h5-6H,2,4,11-12H2. The molecule has 4 heteroatoms. The minimum Gasteiger partial charge on any atom is -0.396 e. The number of pyridine rings is 1. The number of nitrogens with zero attached hydrogens (tertiary/aromatic N) is 1. The van der Waals surface area contributed by atoms with Crippen LogP contribution in [0.2, 0.25) is 5.02 Å². The lowest BCUT2D eigenvalue weighted by Gasteiger charge is -1.96. The number of hydrogen-bond acceptors (Lipinski definition) is 3. The third-order valence-electron chi connectivity index (χ3n) is 1.36. The summed E-state index contributed by atoms with van der Waals surface area (Å²) in [6, 6.07) is 1.63. The molecule has 4 N–H and O–H groups in total. The molecular weight excluding hydrogens is 186 g/mol. The molecule has 0 aromatic carbocycles. The molecule has 0 atom stereocenters. The van der Waals surface area contributed by atoms with Crippen molar-refractivity contribution in [3.63, 3.8) is 0 Å². The van der Waals surface area contributed by atoms with Gasteiger partial charge in [-0.15, -0.1) is 0 Å². The molecule has 1 aromatic rings. The molecule has 0 spiro atoms. The molecule has 13 heavy (non-hydrogen) atoms. The first-order valence-electron chi connectivity index (χ1n) is 3.84. The first-order valence-corrected chi connectivity index (χ1v) is 4.22. The van der Waals surface area contributed by atoms with Crippen molar-refractivity contribution < 1.29 is 0 Å². The molecule has 0 saturated carbocycles. The number of nitrogen functional groups attached to an aromatic ring is 1. The summed E-state index contributed by atoms with van der Waals surface area (Å²) in [5.74, 6) is 5.67. The van der Waals surface area contributed by atoms with Crippen LogP contribution in [-0.2, 0) is 0 Å². The highest BCUT2D eigenvalue weighted by Crippen LogP contribution is 2.13. The van der Waals surface area contributed by atoms with Gasteiger partial charge in [0.15, 0.2) is 0 Å². The van der Waals surface area contributed by atoms with Crippen LogP contribution in [0.25, 0.3) is 0 Å². The van der Waals surface area contributed by atoms with E-state index < -0.39 is 0 Å². The SMILES string of the molecule is NCCC#Cc1ncc(Cl)cc1N. The number of halogens is 1. The summed E-state index contributed by atoms with van der Waals surface area (Å²) in [4.78, 5) is 3.98. The summed E-state index contributed by atoms with van der Waals surface area (Å²) in [7, 11) is 0. The van der Waals surface area contributed by atoms with Gasteiger partial charge in [-0.1, -0.05) is 17.5 Å². The highest BCUT2D eigenvalue weighted by atomic mass is 35.5. The molecule has 0 aliphatic rings. The predicted molar refractivity (Wildman–Crippen MR) is 54.2 cm³/mol. The number of anilines is 1. The van der Waals surface area contributed by atoms with E-state index in [9.17, 15) is 0 Å². The number of nitrogens with two attached hydrogens (primary N) is 2. The van der Waals surface area contributed by atoms with Crippen LogP contribution in [0.4, 0.5) is 5.69 Å². The van der Waals surface area contributed by atoms with Crippen LogP contribution in [0.5, 0.6) is 0 Å². The Morgan fingerprint density at radius 2 is 2.31 bits per heavy atom. The second-order valence-electron chi connectivity index (χ2n) is 2.43. The molecule has 1 rings (SSSR count). The van der Waals surface area contributed by atoms with Crippen LogP contribution in [0, 0.1) is 11.8 Å².